The van der Waals surface area contributed by atoms with Crippen LogP contribution in [-0.2, 0) is 0 Å². The fourth-order valence-corrected chi connectivity index (χ4v) is 6.30. The molecule has 0 unspecified atom stereocenters. The first-order chi connectivity index (χ1) is 17.2. The van der Waals surface area contributed by atoms with Gasteiger partial charge in [-0.25, -0.2) is 0 Å². The Hall–Kier alpha value is -4.16. The Kier molecular flexibility index (Phi) is 5.23. The zero-order valence-electron chi connectivity index (χ0n) is 17.8. The summed E-state index contributed by atoms with van der Waals surface area (Å²) in [5.41, 5.74) is 2.08. The minimum absolute atomic E-state index is 0.289. The molecule has 1 aliphatic rings. The quantitative estimate of drug-likeness (QED) is 0.255. The zero-order chi connectivity index (χ0) is 23.8. The third kappa shape index (κ3) is 3.54. The Balaban J connectivity index is 1.47. The lowest BCUT2D eigenvalue weighted by Crippen LogP contribution is -2.35. The minimum Gasteiger partial charge on any atom is -0.291 e. The van der Waals surface area contributed by atoms with Crippen LogP contribution in [0.4, 0.5) is 0 Å². The van der Waals surface area contributed by atoms with Crippen molar-refractivity contribution < 1.29 is 9.59 Å². The lowest BCUT2D eigenvalue weighted by atomic mass is 10.1. The van der Waals surface area contributed by atoms with Gasteiger partial charge >= 0.3 is 0 Å². The maximum Gasteiger partial charge on any atom is 0.216 e. The van der Waals surface area contributed by atoms with Gasteiger partial charge in [-0.3, -0.25) is 9.59 Å². The fraction of sp³-hybridized carbons (Fsp3) is 0.0435. The van der Waals surface area contributed by atoms with Crippen LogP contribution < -0.4 is 0 Å². The summed E-state index contributed by atoms with van der Waals surface area (Å²) in [5, 5.41) is 24.6. The number of tetrazole rings is 2. The van der Waals surface area contributed by atoms with Crippen molar-refractivity contribution in [3.05, 3.63) is 96.1 Å². The molecule has 35 heavy (non-hydrogen) atoms. The molecular weight excluding hydrogens is 484 g/mol. The van der Waals surface area contributed by atoms with Gasteiger partial charge in [-0.1, -0.05) is 60.7 Å². The summed E-state index contributed by atoms with van der Waals surface area (Å²) in [6.45, 7) is 0. The molecule has 0 saturated carbocycles. The summed E-state index contributed by atoms with van der Waals surface area (Å²) in [7, 11) is 0. The van der Waals surface area contributed by atoms with Crippen molar-refractivity contribution >= 4 is 35.1 Å². The molecule has 0 radical (unpaired) electrons. The number of benzene rings is 3. The number of Topliss-reactive ketones (excluding diaryl/α,β-unsaturated/α-hetero) is 2. The first-order valence-corrected chi connectivity index (χ1v) is 12.0. The lowest BCUT2D eigenvalue weighted by molar-refractivity contribution is 0.0915. The van der Waals surface area contributed by atoms with Crippen LogP contribution in [-0.4, -0.2) is 56.1 Å². The minimum atomic E-state index is -1.66. The average molecular weight is 499 g/mol. The van der Waals surface area contributed by atoms with Gasteiger partial charge < -0.3 is 0 Å². The smallest absolute Gasteiger partial charge is 0.216 e. The van der Waals surface area contributed by atoms with E-state index in [0.717, 1.165) is 23.5 Å². The van der Waals surface area contributed by atoms with E-state index in [0.29, 0.717) is 22.5 Å². The van der Waals surface area contributed by atoms with Gasteiger partial charge in [-0.15, -0.1) is 10.2 Å². The van der Waals surface area contributed by atoms with Crippen LogP contribution in [0.15, 0.2) is 95.2 Å². The van der Waals surface area contributed by atoms with Crippen molar-refractivity contribution in [3.8, 4) is 11.4 Å². The second kappa shape index (κ2) is 8.56. The molecular formula is C23H14N8O2S2. The van der Waals surface area contributed by atoms with Crippen LogP contribution in [0.1, 0.15) is 20.7 Å². The Morgan fingerprint density at radius 2 is 0.971 bits per heavy atom. The van der Waals surface area contributed by atoms with Crippen LogP contribution in [0.3, 0.4) is 0 Å². The van der Waals surface area contributed by atoms with E-state index in [4.69, 9.17) is 0 Å². The highest BCUT2D eigenvalue weighted by atomic mass is 32.2. The molecule has 0 saturated heterocycles. The molecule has 3 aromatic carbocycles. The number of ketones is 2. The van der Waals surface area contributed by atoms with E-state index in [2.05, 4.69) is 31.1 Å². The van der Waals surface area contributed by atoms with Gasteiger partial charge in [0.05, 0.1) is 11.4 Å². The third-order valence-corrected chi connectivity index (χ3v) is 8.06. The number of para-hydroxylation sites is 2. The lowest BCUT2D eigenvalue weighted by Gasteiger charge is -2.23. The van der Waals surface area contributed by atoms with E-state index in [1.165, 1.54) is 9.36 Å². The number of aromatic nitrogens is 8. The SMILES string of the molecule is O=C1c2ccccc2C(=O)C1(Sc1nnnn1-c1ccccc1)Sc1nnnn1-c1ccccc1. The van der Waals surface area contributed by atoms with Crippen molar-refractivity contribution in [3.63, 3.8) is 0 Å². The number of rotatable bonds is 6. The molecule has 10 nitrogen and oxygen atoms in total. The highest BCUT2D eigenvalue weighted by Gasteiger charge is 2.57. The molecule has 0 spiro atoms. The van der Waals surface area contributed by atoms with E-state index >= 15 is 0 Å². The molecule has 12 heteroatoms. The molecule has 0 N–H and O–H groups in total. The number of fused-ring (bicyclic) bond motifs is 1. The predicted octanol–water partition coefficient (Wildman–Crippen LogP) is 3.30. The third-order valence-electron chi connectivity index (χ3n) is 5.37. The van der Waals surface area contributed by atoms with Crippen molar-refractivity contribution in [1.29, 1.82) is 0 Å². The molecule has 0 fully saturated rings. The molecule has 0 amide bonds. The van der Waals surface area contributed by atoms with E-state index in [1.807, 2.05) is 60.7 Å². The molecule has 5 aromatic rings. The Morgan fingerprint density at radius 1 is 0.571 bits per heavy atom. The molecule has 2 heterocycles. The van der Waals surface area contributed by atoms with Crippen molar-refractivity contribution in [1.82, 2.24) is 40.4 Å². The largest absolute Gasteiger partial charge is 0.291 e. The molecule has 0 aliphatic heterocycles. The van der Waals surface area contributed by atoms with Crippen LogP contribution in [0.25, 0.3) is 11.4 Å². The molecule has 0 atom stereocenters. The molecule has 170 valence electrons. The Bertz CT molecular complexity index is 1440. The van der Waals surface area contributed by atoms with E-state index in [9.17, 15) is 9.59 Å². The maximum absolute atomic E-state index is 13.9. The Labute approximate surface area is 206 Å². The summed E-state index contributed by atoms with van der Waals surface area (Å²) in [6.07, 6.45) is 0. The summed E-state index contributed by atoms with van der Waals surface area (Å²) in [5.74, 6) is -0.725. The first kappa shape index (κ1) is 21.4. The van der Waals surface area contributed by atoms with Crippen molar-refractivity contribution in [2.45, 2.75) is 14.4 Å². The van der Waals surface area contributed by atoms with Crippen LogP contribution in [0.2, 0.25) is 0 Å². The number of carbonyl (C=O) groups is 2. The molecule has 0 bridgehead atoms. The van der Waals surface area contributed by atoms with Gasteiger partial charge in [0, 0.05) is 11.1 Å². The van der Waals surface area contributed by atoms with Gasteiger partial charge in [-0.05, 0) is 68.6 Å². The van der Waals surface area contributed by atoms with Gasteiger partial charge in [0.1, 0.15) is 0 Å². The highest BCUT2D eigenvalue weighted by molar-refractivity contribution is 8.20. The molecule has 6 rings (SSSR count). The van der Waals surface area contributed by atoms with Crippen LogP contribution in [0.5, 0.6) is 0 Å². The maximum atomic E-state index is 13.9. The van der Waals surface area contributed by atoms with E-state index < -0.39 is 4.08 Å². The number of thioether (sulfide) groups is 2. The second-order valence-electron chi connectivity index (χ2n) is 7.44. The number of hydrogen-bond acceptors (Lipinski definition) is 10. The summed E-state index contributed by atoms with van der Waals surface area (Å²) >= 11 is 1.97. The van der Waals surface area contributed by atoms with Crippen molar-refractivity contribution in [2.75, 3.05) is 0 Å². The number of carbonyl (C=O) groups excluding carboxylic acids is 2. The van der Waals surface area contributed by atoms with Gasteiger partial charge in [-0.2, -0.15) is 9.36 Å². The summed E-state index contributed by atoms with van der Waals surface area (Å²) in [6, 6.07) is 25.3. The fourth-order valence-electron chi connectivity index (χ4n) is 3.75. The van der Waals surface area contributed by atoms with E-state index in [-0.39, 0.29) is 21.9 Å². The second-order valence-corrected chi connectivity index (χ2v) is 10.1. The molecule has 1 aliphatic carbocycles. The standard InChI is InChI=1S/C23H14N8O2S2/c32-19-17-13-7-8-14-18(17)20(33)23(19,34-21-24-26-28-30(21)15-9-3-1-4-10-15)35-22-25-27-29-31(22)16-11-5-2-6-12-16/h1-14H. The first-order valence-electron chi connectivity index (χ1n) is 10.4. The monoisotopic (exact) mass is 498 g/mol. The zero-order valence-corrected chi connectivity index (χ0v) is 19.4. The Morgan fingerprint density at radius 3 is 1.40 bits per heavy atom. The van der Waals surface area contributed by atoms with Crippen LogP contribution >= 0.6 is 23.5 Å². The van der Waals surface area contributed by atoms with Gasteiger partial charge in [0.25, 0.3) is 0 Å². The normalized spacial score (nSPS) is 14.3. The van der Waals surface area contributed by atoms with Gasteiger partial charge in [0.15, 0.2) is 11.6 Å². The van der Waals surface area contributed by atoms with Crippen molar-refractivity contribution in [2.24, 2.45) is 0 Å². The predicted molar refractivity (Wildman–Crippen MR) is 128 cm³/mol. The number of hydrogen-bond donors (Lipinski definition) is 0. The molecule has 2 aromatic heterocycles. The summed E-state index contributed by atoms with van der Waals surface area (Å²) in [4.78, 5) is 27.7. The van der Waals surface area contributed by atoms with Gasteiger partial charge in [0.2, 0.25) is 14.4 Å². The average Bonchev–Trinajstić information content (AvgIpc) is 3.61. The number of nitrogens with zero attached hydrogens (tertiary/aromatic N) is 8. The highest BCUT2D eigenvalue weighted by Crippen LogP contribution is 2.52. The van der Waals surface area contributed by atoms with Crippen LogP contribution in [0, 0.1) is 0 Å². The summed E-state index contributed by atoms with van der Waals surface area (Å²) < 4.78 is 1.33. The topological polar surface area (TPSA) is 121 Å². The van der Waals surface area contributed by atoms with E-state index in [1.54, 1.807) is 24.3 Å².